The number of hydrogen-bond donors (Lipinski definition) is 1. The number of anilines is 1. The Hall–Kier alpha value is -1.31. The standard InChI is InChI=1S/C12H18N2/c1-4-10-7-6-8-11(5-2)12(10)14-9-13-3/h6-9H,4-5H2,1-3H3,(H,13,14). The number of para-hydroxylation sites is 1. The van der Waals surface area contributed by atoms with E-state index < -0.39 is 0 Å². The molecule has 1 N–H and O–H groups in total. The van der Waals surface area contributed by atoms with Gasteiger partial charge in [-0.2, -0.15) is 0 Å². The Labute approximate surface area is 86.1 Å². The van der Waals surface area contributed by atoms with E-state index in [2.05, 4.69) is 42.4 Å². The Morgan fingerprint density at radius 1 is 1.21 bits per heavy atom. The van der Waals surface area contributed by atoms with E-state index in [4.69, 9.17) is 0 Å². The monoisotopic (exact) mass is 190 g/mol. The molecular weight excluding hydrogens is 172 g/mol. The zero-order chi connectivity index (χ0) is 10.4. The molecule has 0 aliphatic carbocycles. The molecule has 76 valence electrons. The summed E-state index contributed by atoms with van der Waals surface area (Å²) < 4.78 is 0. The lowest BCUT2D eigenvalue weighted by molar-refractivity contribution is 1.09. The van der Waals surface area contributed by atoms with Crippen LogP contribution in [0.5, 0.6) is 0 Å². The molecule has 0 saturated heterocycles. The van der Waals surface area contributed by atoms with Gasteiger partial charge in [-0.3, -0.25) is 4.99 Å². The van der Waals surface area contributed by atoms with E-state index in [0.29, 0.717) is 0 Å². The molecule has 0 aliphatic rings. The quantitative estimate of drug-likeness (QED) is 0.573. The lowest BCUT2D eigenvalue weighted by Crippen LogP contribution is -2.02. The first-order valence-corrected chi connectivity index (χ1v) is 5.11. The van der Waals surface area contributed by atoms with Gasteiger partial charge < -0.3 is 5.32 Å². The average Bonchev–Trinajstić information content (AvgIpc) is 2.25. The van der Waals surface area contributed by atoms with Crippen molar-refractivity contribution in [1.29, 1.82) is 0 Å². The SMILES string of the molecule is CCc1cccc(CC)c1N/C=N/C. The molecule has 1 aromatic carbocycles. The first-order chi connectivity index (χ1) is 6.83. The van der Waals surface area contributed by atoms with Crippen LogP contribution < -0.4 is 5.32 Å². The maximum Gasteiger partial charge on any atom is 0.0864 e. The Morgan fingerprint density at radius 3 is 2.21 bits per heavy atom. The zero-order valence-electron chi connectivity index (χ0n) is 9.17. The maximum atomic E-state index is 3.95. The molecule has 0 radical (unpaired) electrons. The number of nitrogens with one attached hydrogen (secondary N) is 1. The molecule has 14 heavy (non-hydrogen) atoms. The fourth-order valence-electron chi connectivity index (χ4n) is 1.56. The second-order valence-corrected chi connectivity index (χ2v) is 3.19. The summed E-state index contributed by atoms with van der Waals surface area (Å²) in [4.78, 5) is 3.95. The Kier molecular flexibility index (Phi) is 4.17. The minimum absolute atomic E-state index is 1.05. The van der Waals surface area contributed by atoms with Crippen LogP contribution in [0.3, 0.4) is 0 Å². The number of hydrogen-bond acceptors (Lipinski definition) is 1. The topological polar surface area (TPSA) is 24.4 Å². The predicted molar refractivity (Wildman–Crippen MR) is 63.2 cm³/mol. The second-order valence-electron chi connectivity index (χ2n) is 3.19. The summed E-state index contributed by atoms with van der Waals surface area (Å²) in [7, 11) is 1.77. The van der Waals surface area contributed by atoms with E-state index in [9.17, 15) is 0 Å². The average molecular weight is 190 g/mol. The van der Waals surface area contributed by atoms with Crippen LogP contribution in [0.4, 0.5) is 5.69 Å². The van der Waals surface area contributed by atoms with Crippen molar-refractivity contribution < 1.29 is 0 Å². The first kappa shape index (κ1) is 10.8. The predicted octanol–water partition coefficient (Wildman–Crippen LogP) is 2.88. The Bertz CT molecular complexity index is 294. The molecule has 0 fully saturated rings. The van der Waals surface area contributed by atoms with Crippen LogP contribution in [0, 0.1) is 0 Å². The van der Waals surface area contributed by atoms with Gasteiger partial charge in [0.25, 0.3) is 0 Å². The second kappa shape index (κ2) is 5.43. The highest BCUT2D eigenvalue weighted by atomic mass is 14.9. The molecule has 2 heteroatoms. The summed E-state index contributed by atoms with van der Waals surface area (Å²) in [6.07, 6.45) is 3.84. The van der Waals surface area contributed by atoms with E-state index in [-0.39, 0.29) is 0 Å². The zero-order valence-corrected chi connectivity index (χ0v) is 9.17. The number of benzene rings is 1. The van der Waals surface area contributed by atoms with Crippen LogP contribution in [-0.2, 0) is 12.8 Å². The number of aliphatic imine (C=N–C) groups is 1. The molecule has 0 amide bonds. The molecule has 0 aliphatic heterocycles. The van der Waals surface area contributed by atoms with Gasteiger partial charge in [-0.15, -0.1) is 0 Å². The number of aryl methyl sites for hydroxylation is 2. The van der Waals surface area contributed by atoms with Crippen LogP contribution in [0.1, 0.15) is 25.0 Å². The van der Waals surface area contributed by atoms with Gasteiger partial charge in [0.05, 0.1) is 6.34 Å². The molecule has 1 aromatic rings. The molecule has 0 unspecified atom stereocenters. The van der Waals surface area contributed by atoms with Crippen molar-refractivity contribution in [1.82, 2.24) is 0 Å². The van der Waals surface area contributed by atoms with Gasteiger partial charge in [0.1, 0.15) is 0 Å². The molecule has 0 heterocycles. The highest BCUT2D eigenvalue weighted by Crippen LogP contribution is 2.21. The summed E-state index contributed by atoms with van der Waals surface area (Å²) in [6, 6.07) is 6.43. The summed E-state index contributed by atoms with van der Waals surface area (Å²) in [6.45, 7) is 4.34. The molecule has 0 bridgehead atoms. The first-order valence-electron chi connectivity index (χ1n) is 5.11. The van der Waals surface area contributed by atoms with Crippen molar-refractivity contribution >= 4 is 12.0 Å². The van der Waals surface area contributed by atoms with Crippen LogP contribution in [0.2, 0.25) is 0 Å². The fraction of sp³-hybridized carbons (Fsp3) is 0.417. The molecule has 1 rings (SSSR count). The largest absolute Gasteiger partial charge is 0.346 e. The van der Waals surface area contributed by atoms with Crippen molar-refractivity contribution in [2.75, 3.05) is 12.4 Å². The fourth-order valence-corrected chi connectivity index (χ4v) is 1.56. The number of nitrogens with zero attached hydrogens (tertiary/aromatic N) is 1. The van der Waals surface area contributed by atoms with Gasteiger partial charge in [-0.1, -0.05) is 32.0 Å². The summed E-state index contributed by atoms with van der Waals surface area (Å²) in [5.74, 6) is 0. The third-order valence-corrected chi connectivity index (χ3v) is 2.34. The summed E-state index contributed by atoms with van der Waals surface area (Å²) in [5.41, 5.74) is 3.93. The summed E-state index contributed by atoms with van der Waals surface area (Å²) >= 11 is 0. The molecule has 2 nitrogen and oxygen atoms in total. The molecule has 0 atom stereocenters. The smallest absolute Gasteiger partial charge is 0.0864 e. The molecule has 0 saturated carbocycles. The van der Waals surface area contributed by atoms with Crippen molar-refractivity contribution in [3.63, 3.8) is 0 Å². The maximum absolute atomic E-state index is 3.95. The normalized spacial score (nSPS) is 10.8. The van der Waals surface area contributed by atoms with Crippen LogP contribution >= 0.6 is 0 Å². The summed E-state index contributed by atoms with van der Waals surface area (Å²) in [5, 5.41) is 3.24. The Morgan fingerprint density at radius 2 is 1.79 bits per heavy atom. The molecule has 0 aromatic heterocycles. The van der Waals surface area contributed by atoms with Crippen molar-refractivity contribution in [3.8, 4) is 0 Å². The highest BCUT2D eigenvalue weighted by Gasteiger charge is 2.03. The van der Waals surface area contributed by atoms with Gasteiger partial charge in [0.2, 0.25) is 0 Å². The van der Waals surface area contributed by atoms with E-state index in [1.165, 1.54) is 16.8 Å². The Balaban J connectivity index is 3.05. The van der Waals surface area contributed by atoms with Gasteiger partial charge in [0, 0.05) is 12.7 Å². The van der Waals surface area contributed by atoms with E-state index in [1.54, 1.807) is 13.4 Å². The molecule has 0 spiro atoms. The highest BCUT2D eigenvalue weighted by molar-refractivity contribution is 5.79. The molecular formula is C12H18N2. The van der Waals surface area contributed by atoms with Crippen molar-refractivity contribution in [3.05, 3.63) is 29.3 Å². The van der Waals surface area contributed by atoms with Gasteiger partial charge >= 0.3 is 0 Å². The van der Waals surface area contributed by atoms with Gasteiger partial charge in [0.15, 0.2) is 0 Å². The van der Waals surface area contributed by atoms with Crippen molar-refractivity contribution in [2.45, 2.75) is 26.7 Å². The number of rotatable bonds is 4. The lowest BCUT2D eigenvalue weighted by Gasteiger charge is -2.11. The van der Waals surface area contributed by atoms with Crippen LogP contribution in [0.15, 0.2) is 23.2 Å². The van der Waals surface area contributed by atoms with Gasteiger partial charge in [-0.05, 0) is 24.0 Å². The van der Waals surface area contributed by atoms with E-state index in [0.717, 1.165) is 12.8 Å². The third kappa shape index (κ3) is 2.34. The van der Waals surface area contributed by atoms with Crippen LogP contribution in [-0.4, -0.2) is 13.4 Å². The van der Waals surface area contributed by atoms with E-state index >= 15 is 0 Å². The minimum atomic E-state index is 1.05. The van der Waals surface area contributed by atoms with Crippen LogP contribution in [0.25, 0.3) is 0 Å². The van der Waals surface area contributed by atoms with Crippen molar-refractivity contribution in [2.24, 2.45) is 4.99 Å². The lowest BCUT2D eigenvalue weighted by atomic mass is 10.0. The third-order valence-electron chi connectivity index (χ3n) is 2.34. The minimum Gasteiger partial charge on any atom is -0.346 e. The van der Waals surface area contributed by atoms with E-state index in [1.807, 2.05) is 0 Å². The van der Waals surface area contributed by atoms with Gasteiger partial charge in [-0.25, -0.2) is 0 Å².